The molecule has 2 N–H and O–H groups in total. The Bertz CT molecular complexity index is 836. The number of aromatic amines is 1. The highest BCUT2D eigenvalue weighted by molar-refractivity contribution is 5.91. The second-order valence-electron chi connectivity index (χ2n) is 5.41. The number of nitrogens with zero attached hydrogens (tertiary/aromatic N) is 2. The molecular weight excluding hydrogens is 296 g/mol. The summed E-state index contributed by atoms with van der Waals surface area (Å²) in [6, 6.07) is 4.56. The van der Waals surface area contributed by atoms with Gasteiger partial charge in [0.15, 0.2) is 0 Å². The Balaban J connectivity index is 2.16. The smallest absolute Gasteiger partial charge is 0.271 e. The number of hydrogen-bond acceptors (Lipinski definition) is 4. The van der Waals surface area contributed by atoms with Crippen molar-refractivity contribution in [2.24, 2.45) is 0 Å². The van der Waals surface area contributed by atoms with Crippen LogP contribution in [0.15, 0.2) is 27.8 Å². The lowest BCUT2D eigenvalue weighted by Crippen LogP contribution is -2.31. The predicted molar refractivity (Wildman–Crippen MR) is 86.5 cm³/mol. The first-order valence-corrected chi connectivity index (χ1v) is 7.48. The topological polar surface area (TPSA) is 96.8 Å². The van der Waals surface area contributed by atoms with Gasteiger partial charge in [0, 0.05) is 30.4 Å². The van der Waals surface area contributed by atoms with Crippen LogP contribution in [0.2, 0.25) is 0 Å². The second-order valence-corrected chi connectivity index (χ2v) is 5.41. The van der Waals surface area contributed by atoms with Crippen molar-refractivity contribution in [3.05, 3.63) is 61.4 Å². The molecule has 2 aromatic rings. The van der Waals surface area contributed by atoms with Crippen molar-refractivity contribution < 1.29 is 4.79 Å². The van der Waals surface area contributed by atoms with E-state index < -0.39 is 5.91 Å². The number of rotatable bonds is 5. The van der Waals surface area contributed by atoms with Crippen LogP contribution in [0, 0.1) is 13.8 Å². The van der Waals surface area contributed by atoms with Gasteiger partial charge in [-0.25, -0.2) is 4.68 Å². The maximum Gasteiger partial charge on any atom is 0.271 e. The molecule has 0 aliphatic carbocycles. The molecule has 2 aromatic heterocycles. The zero-order chi connectivity index (χ0) is 17.0. The van der Waals surface area contributed by atoms with Gasteiger partial charge in [-0.05, 0) is 38.0 Å². The maximum atomic E-state index is 12.2. The van der Waals surface area contributed by atoms with Gasteiger partial charge in [-0.1, -0.05) is 6.92 Å². The number of aryl methyl sites for hydroxylation is 3. The van der Waals surface area contributed by atoms with E-state index in [0.717, 1.165) is 17.7 Å². The summed E-state index contributed by atoms with van der Waals surface area (Å²) in [5, 5.41) is 6.71. The van der Waals surface area contributed by atoms with Crippen molar-refractivity contribution in [1.29, 1.82) is 0 Å². The van der Waals surface area contributed by atoms with Crippen molar-refractivity contribution in [3.8, 4) is 0 Å². The first-order chi connectivity index (χ1) is 10.9. The molecule has 0 saturated heterocycles. The monoisotopic (exact) mass is 316 g/mol. The van der Waals surface area contributed by atoms with Gasteiger partial charge in [-0.2, -0.15) is 5.10 Å². The molecule has 0 bridgehead atoms. The van der Waals surface area contributed by atoms with Crippen molar-refractivity contribution in [2.45, 2.75) is 40.3 Å². The molecule has 1 amide bonds. The standard InChI is InChI=1S/C16H20N4O3/c1-4-7-20-14(21)6-5-13(19-20)16(23)17-9-12-10(2)8-11(3)18-15(12)22/h5-6,8H,4,7,9H2,1-3H3,(H,17,23)(H,18,22). The van der Waals surface area contributed by atoms with Crippen LogP contribution in [0.3, 0.4) is 0 Å². The number of pyridine rings is 1. The van der Waals surface area contributed by atoms with E-state index in [2.05, 4.69) is 15.4 Å². The van der Waals surface area contributed by atoms with E-state index in [-0.39, 0.29) is 23.4 Å². The summed E-state index contributed by atoms with van der Waals surface area (Å²) in [6.45, 7) is 6.11. The quantitative estimate of drug-likeness (QED) is 0.856. The summed E-state index contributed by atoms with van der Waals surface area (Å²) < 4.78 is 1.26. The van der Waals surface area contributed by atoms with E-state index in [1.165, 1.54) is 16.8 Å². The maximum absolute atomic E-state index is 12.2. The molecule has 2 heterocycles. The largest absolute Gasteiger partial charge is 0.346 e. The van der Waals surface area contributed by atoms with E-state index in [1.54, 1.807) is 6.92 Å². The number of aromatic nitrogens is 3. The number of hydrogen-bond donors (Lipinski definition) is 2. The molecule has 0 aliphatic rings. The lowest BCUT2D eigenvalue weighted by atomic mass is 10.1. The Labute approximate surface area is 133 Å². The summed E-state index contributed by atoms with van der Waals surface area (Å²) in [6.07, 6.45) is 0.746. The average Bonchev–Trinajstić information content (AvgIpc) is 2.48. The third-order valence-corrected chi connectivity index (χ3v) is 3.45. The molecule has 2 rings (SSSR count). The molecular formula is C16H20N4O3. The normalized spacial score (nSPS) is 10.6. The molecule has 0 spiro atoms. The Morgan fingerprint density at radius 1 is 1.30 bits per heavy atom. The van der Waals surface area contributed by atoms with E-state index in [9.17, 15) is 14.4 Å². The number of nitrogens with one attached hydrogen (secondary N) is 2. The molecule has 7 heteroatoms. The Hall–Kier alpha value is -2.70. The molecule has 23 heavy (non-hydrogen) atoms. The van der Waals surface area contributed by atoms with Crippen LogP contribution in [0.25, 0.3) is 0 Å². The highest BCUT2D eigenvalue weighted by Gasteiger charge is 2.11. The Kier molecular flexibility index (Phi) is 5.10. The lowest BCUT2D eigenvalue weighted by Gasteiger charge is -2.09. The van der Waals surface area contributed by atoms with Crippen molar-refractivity contribution in [2.75, 3.05) is 0 Å². The molecule has 122 valence electrons. The Morgan fingerprint density at radius 2 is 2.04 bits per heavy atom. The molecule has 7 nitrogen and oxygen atoms in total. The zero-order valence-corrected chi connectivity index (χ0v) is 13.5. The molecule has 0 aliphatic heterocycles. The number of amides is 1. The molecule has 0 unspecified atom stereocenters. The molecule has 0 aromatic carbocycles. The first kappa shape index (κ1) is 16.7. The van der Waals surface area contributed by atoms with Gasteiger partial charge in [0.25, 0.3) is 17.0 Å². The fraction of sp³-hybridized carbons (Fsp3) is 0.375. The van der Waals surface area contributed by atoms with Crippen molar-refractivity contribution >= 4 is 5.91 Å². The highest BCUT2D eigenvalue weighted by atomic mass is 16.2. The minimum atomic E-state index is -0.422. The van der Waals surface area contributed by atoms with Gasteiger partial charge < -0.3 is 10.3 Å². The number of carbonyl (C=O) groups excluding carboxylic acids is 1. The SMILES string of the molecule is CCCn1nc(C(=O)NCc2c(C)cc(C)[nH]c2=O)ccc1=O. The minimum absolute atomic E-state index is 0.106. The summed E-state index contributed by atoms with van der Waals surface area (Å²) in [5.74, 6) is -0.422. The molecule has 0 radical (unpaired) electrons. The molecule has 0 fully saturated rings. The van der Waals surface area contributed by atoms with E-state index in [1.807, 2.05) is 19.9 Å². The third kappa shape index (κ3) is 3.94. The fourth-order valence-electron chi connectivity index (χ4n) is 2.30. The van der Waals surface area contributed by atoms with Crippen LogP contribution in [0.1, 0.15) is 40.7 Å². The van der Waals surface area contributed by atoms with Crippen LogP contribution < -0.4 is 16.4 Å². The van der Waals surface area contributed by atoms with Crippen molar-refractivity contribution in [1.82, 2.24) is 20.1 Å². The van der Waals surface area contributed by atoms with Crippen molar-refractivity contribution in [3.63, 3.8) is 0 Å². The second kappa shape index (κ2) is 7.04. The van der Waals surface area contributed by atoms with Crippen LogP contribution in [-0.4, -0.2) is 20.7 Å². The van der Waals surface area contributed by atoms with Gasteiger partial charge in [-0.15, -0.1) is 0 Å². The predicted octanol–water partition coefficient (Wildman–Crippen LogP) is 0.888. The van der Waals surface area contributed by atoms with E-state index in [4.69, 9.17) is 0 Å². The van der Waals surface area contributed by atoms with E-state index in [0.29, 0.717) is 12.1 Å². The van der Waals surface area contributed by atoms with Gasteiger partial charge in [0.05, 0.1) is 0 Å². The third-order valence-electron chi connectivity index (χ3n) is 3.45. The Morgan fingerprint density at radius 3 is 2.70 bits per heavy atom. The van der Waals surface area contributed by atoms with Gasteiger partial charge in [0.2, 0.25) is 0 Å². The van der Waals surface area contributed by atoms with Gasteiger partial charge in [0.1, 0.15) is 5.69 Å². The summed E-state index contributed by atoms with van der Waals surface area (Å²) in [5.41, 5.74) is 1.79. The van der Waals surface area contributed by atoms with Gasteiger partial charge in [-0.3, -0.25) is 14.4 Å². The fourth-order valence-corrected chi connectivity index (χ4v) is 2.30. The van der Waals surface area contributed by atoms with Crippen LogP contribution >= 0.6 is 0 Å². The van der Waals surface area contributed by atoms with Crippen LogP contribution in [0.5, 0.6) is 0 Å². The van der Waals surface area contributed by atoms with Crippen LogP contribution in [0.4, 0.5) is 0 Å². The average molecular weight is 316 g/mol. The summed E-state index contributed by atoms with van der Waals surface area (Å²) in [4.78, 5) is 38.4. The number of H-pyrrole nitrogens is 1. The van der Waals surface area contributed by atoms with Crippen LogP contribution in [-0.2, 0) is 13.1 Å². The highest BCUT2D eigenvalue weighted by Crippen LogP contribution is 2.03. The minimum Gasteiger partial charge on any atom is -0.346 e. The zero-order valence-electron chi connectivity index (χ0n) is 13.5. The number of carbonyl (C=O) groups is 1. The summed E-state index contributed by atoms with van der Waals surface area (Å²) in [7, 11) is 0. The lowest BCUT2D eigenvalue weighted by molar-refractivity contribution is 0.0943. The molecule has 0 saturated carbocycles. The molecule has 0 atom stereocenters. The first-order valence-electron chi connectivity index (χ1n) is 7.48. The van der Waals surface area contributed by atoms with E-state index >= 15 is 0 Å². The summed E-state index contributed by atoms with van der Waals surface area (Å²) >= 11 is 0. The van der Waals surface area contributed by atoms with Gasteiger partial charge >= 0.3 is 0 Å².